The number of rotatable bonds is 6. The summed E-state index contributed by atoms with van der Waals surface area (Å²) in [5.74, 6) is -5.91. The van der Waals surface area contributed by atoms with Crippen LogP contribution in [-0.4, -0.2) is 71.2 Å². The Bertz CT molecular complexity index is 955. The molecule has 0 aromatic heterocycles. The number of nitrogens with one attached hydrogen (secondary N) is 1. The summed E-state index contributed by atoms with van der Waals surface area (Å²) in [5, 5.41) is 2.44. The summed E-state index contributed by atoms with van der Waals surface area (Å²) in [6, 6.07) is 1.60. The van der Waals surface area contributed by atoms with E-state index < -0.39 is 53.2 Å². The van der Waals surface area contributed by atoms with Crippen molar-refractivity contribution in [1.82, 2.24) is 15.1 Å². The van der Waals surface area contributed by atoms with E-state index in [1.54, 1.807) is 4.90 Å². The van der Waals surface area contributed by atoms with Crippen molar-refractivity contribution in [3.8, 4) is 0 Å². The third-order valence-electron chi connectivity index (χ3n) is 6.33. The minimum absolute atomic E-state index is 0.0495. The Labute approximate surface area is 183 Å². The number of nitrogens with zero attached hydrogens (tertiary/aromatic N) is 2. The molecular formula is C22H25F2N3O5. The second-order valence-corrected chi connectivity index (χ2v) is 8.42. The van der Waals surface area contributed by atoms with E-state index in [9.17, 15) is 28.0 Å². The number of piperazine rings is 1. The lowest BCUT2D eigenvalue weighted by Crippen LogP contribution is -2.69. The molecule has 2 unspecified atom stereocenters. The molecule has 1 N–H and O–H groups in total. The number of halogens is 2. The number of carbonyl (C=O) groups excluding carboxylic acids is 4. The molecule has 0 aliphatic carbocycles. The van der Waals surface area contributed by atoms with Crippen LogP contribution in [0.3, 0.4) is 0 Å². The Hall–Kier alpha value is -2.72. The van der Waals surface area contributed by atoms with E-state index in [2.05, 4.69) is 5.32 Å². The quantitative estimate of drug-likeness (QED) is 0.509. The van der Waals surface area contributed by atoms with Crippen LogP contribution < -0.4 is 5.32 Å². The maximum absolute atomic E-state index is 13.8. The van der Waals surface area contributed by atoms with Crippen LogP contribution in [0.5, 0.6) is 0 Å². The molecule has 3 aliphatic heterocycles. The zero-order chi connectivity index (χ0) is 23.0. The van der Waals surface area contributed by atoms with Crippen LogP contribution >= 0.6 is 0 Å². The van der Waals surface area contributed by atoms with Gasteiger partial charge in [0.2, 0.25) is 17.5 Å². The van der Waals surface area contributed by atoms with Crippen LogP contribution in [0.4, 0.5) is 8.78 Å². The third-order valence-corrected chi connectivity index (χ3v) is 6.33. The molecule has 1 aromatic rings. The SMILES string of the molecule is CCCC[C@H]1CO[C@@H]2CN3CC(C(=O)NCc4ccc(F)cc4F)C(=O)C(=O)C3C(=O)N12. The maximum Gasteiger partial charge on any atom is 0.250 e. The minimum Gasteiger partial charge on any atom is -0.355 e. The van der Waals surface area contributed by atoms with Crippen LogP contribution in [0.25, 0.3) is 0 Å². The molecule has 4 atom stereocenters. The van der Waals surface area contributed by atoms with E-state index in [0.29, 0.717) is 12.7 Å². The highest BCUT2D eigenvalue weighted by Gasteiger charge is 2.55. The monoisotopic (exact) mass is 449 g/mol. The summed E-state index contributed by atoms with van der Waals surface area (Å²) in [6.07, 6.45) is 2.13. The normalized spacial score (nSPS) is 28.0. The van der Waals surface area contributed by atoms with Gasteiger partial charge in [-0.15, -0.1) is 0 Å². The molecule has 2 amide bonds. The number of piperidine rings is 1. The van der Waals surface area contributed by atoms with Crippen LogP contribution in [0.15, 0.2) is 18.2 Å². The first kappa shape index (κ1) is 22.5. The predicted molar refractivity (Wildman–Crippen MR) is 107 cm³/mol. The zero-order valence-electron chi connectivity index (χ0n) is 17.7. The van der Waals surface area contributed by atoms with Crippen molar-refractivity contribution in [3.63, 3.8) is 0 Å². The summed E-state index contributed by atoms with van der Waals surface area (Å²) in [7, 11) is 0. The van der Waals surface area contributed by atoms with Crippen molar-refractivity contribution < 1.29 is 32.7 Å². The summed E-state index contributed by atoms with van der Waals surface area (Å²) >= 11 is 0. The molecule has 3 saturated heterocycles. The number of amides is 2. The topological polar surface area (TPSA) is 96.0 Å². The van der Waals surface area contributed by atoms with Crippen LogP contribution in [0, 0.1) is 17.6 Å². The van der Waals surface area contributed by atoms with Gasteiger partial charge in [0, 0.05) is 31.3 Å². The van der Waals surface area contributed by atoms with Crippen LogP contribution in [0.1, 0.15) is 31.7 Å². The summed E-state index contributed by atoms with van der Waals surface area (Å²) in [6.45, 7) is 2.29. The average Bonchev–Trinajstić information content (AvgIpc) is 3.17. The Morgan fingerprint density at radius 2 is 1.97 bits per heavy atom. The standard InChI is InChI=1S/C22H25F2N3O5/c1-2-3-4-14-11-32-17-10-26-9-15(19(28)20(29)18(26)22(31)27(14)17)21(30)25-8-12-5-6-13(23)7-16(12)24/h5-7,14-15,17-18H,2-4,8-11H2,1H3,(H,25,30)/t14-,15?,17+,18?/m0/s1. The Morgan fingerprint density at radius 3 is 2.69 bits per heavy atom. The molecule has 4 rings (SSSR count). The van der Waals surface area contributed by atoms with Gasteiger partial charge in [-0.25, -0.2) is 8.78 Å². The minimum atomic E-state index is -1.31. The van der Waals surface area contributed by atoms with Gasteiger partial charge in [-0.05, 0) is 12.5 Å². The molecule has 172 valence electrons. The molecule has 3 heterocycles. The Balaban J connectivity index is 1.44. The second kappa shape index (κ2) is 9.03. The molecule has 3 aliphatic rings. The van der Waals surface area contributed by atoms with Crippen LogP contribution in [-0.2, 0) is 30.5 Å². The Morgan fingerprint density at radius 1 is 1.19 bits per heavy atom. The number of hydrogen-bond donors (Lipinski definition) is 1. The van der Waals surface area contributed by atoms with Crippen molar-refractivity contribution in [2.24, 2.45) is 5.92 Å². The van der Waals surface area contributed by atoms with Gasteiger partial charge < -0.3 is 15.0 Å². The number of carbonyl (C=O) groups is 4. The number of ether oxygens (including phenoxy) is 1. The van der Waals surface area contributed by atoms with E-state index in [1.807, 2.05) is 6.92 Å². The number of benzene rings is 1. The zero-order valence-corrected chi connectivity index (χ0v) is 17.7. The lowest BCUT2D eigenvalue weighted by Gasteiger charge is -2.45. The fourth-order valence-electron chi connectivity index (χ4n) is 4.60. The Kier molecular flexibility index (Phi) is 6.34. The predicted octanol–water partition coefficient (Wildman–Crippen LogP) is 0.777. The number of Topliss-reactive ketones (excluding diaryl/α,β-unsaturated/α-hetero) is 2. The van der Waals surface area contributed by atoms with Gasteiger partial charge in [0.1, 0.15) is 23.8 Å². The van der Waals surface area contributed by atoms with Crippen LogP contribution in [0.2, 0.25) is 0 Å². The molecule has 10 heteroatoms. The van der Waals surface area contributed by atoms with Crippen molar-refractivity contribution in [2.75, 3.05) is 19.7 Å². The third kappa shape index (κ3) is 4.04. The summed E-state index contributed by atoms with van der Waals surface area (Å²) < 4.78 is 32.6. The fraction of sp³-hybridized carbons (Fsp3) is 0.545. The first-order chi connectivity index (χ1) is 15.3. The van der Waals surface area contributed by atoms with Crippen molar-refractivity contribution in [1.29, 1.82) is 0 Å². The van der Waals surface area contributed by atoms with Crippen molar-refractivity contribution >= 4 is 23.4 Å². The highest BCUT2D eigenvalue weighted by atomic mass is 19.1. The van der Waals surface area contributed by atoms with Gasteiger partial charge in [-0.1, -0.05) is 25.8 Å². The molecule has 0 spiro atoms. The number of hydrogen-bond acceptors (Lipinski definition) is 6. The molecule has 0 radical (unpaired) electrons. The van der Waals surface area contributed by atoms with E-state index >= 15 is 0 Å². The highest BCUT2D eigenvalue weighted by Crippen LogP contribution is 2.31. The van der Waals surface area contributed by atoms with Gasteiger partial charge in [-0.2, -0.15) is 0 Å². The number of unbranched alkanes of at least 4 members (excludes halogenated alkanes) is 1. The highest BCUT2D eigenvalue weighted by molar-refractivity contribution is 6.47. The van der Waals surface area contributed by atoms with E-state index in [0.717, 1.165) is 25.3 Å². The van der Waals surface area contributed by atoms with Crippen molar-refractivity contribution in [2.45, 2.75) is 51.0 Å². The largest absolute Gasteiger partial charge is 0.355 e. The van der Waals surface area contributed by atoms with E-state index in [1.165, 1.54) is 11.0 Å². The summed E-state index contributed by atoms with van der Waals surface area (Å²) in [5.41, 5.74) is 0.0495. The summed E-state index contributed by atoms with van der Waals surface area (Å²) in [4.78, 5) is 54.3. The maximum atomic E-state index is 13.8. The number of fused-ring (bicyclic) bond motifs is 2. The average molecular weight is 449 g/mol. The van der Waals surface area contributed by atoms with Gasteiger partial charge in [0.05, 0.1) is 12.6 Å². The van der Waals surface area contributed by atoms with E-state index in [4.69, 9.17) is 4.74 Å². The molecule has 1 aromatic carbocycles. The first-order valence-electron chi connectivity index (χ1n) is 10.8. The molecule has 32 heavy (non-hydrogen) atoms. The van der Waals surface area contributed by atoms with Gasteiger partial charge in [-0.3, -0.25) is 24.1 Å². The molecule has 3 fully saturated rings. The molecule has 0 bridgehead atoms. The molecule has 8 nitrogen and oxygen atoms in total. The van der Waals surface area contributed by atoms with Gasteiger partial charge in [0.15, 0.2) is 6.04 Å². The first-order valence-corrected chi connectivity index (χ1v) is 10.8. The molecule has 0 saturated carbocycles. The second-order valence-electron chi connectivity index (χ2n) is 8.42. The smallest absolute Gasteiger partial charge is 0.250 e. The van der Waals surface area contributed by atoms with Gasteiger partial charge in [0.25, 0.3) is 5.91 Å². The van der Waals surface area contributed by atoms with Crippen molar-refractivity contribution in [3.05, 3.63) is 35.4 Å². The molecular weight excluding hydrogens is 424 g/mol. The lowest BCUT2D eigenvalue weighted by atomic mass is 9.87. The van der Waals surface area contributed by atoms with E-state index in [-0.39, 0.29) is 31.2 Å². The fourth-order valence-corrected chi connectivity index (χ4v) is 4.60. The van der Waals surface area contributed by atoms with Gasteiger partial charge >= 0.3 is 0 Å². The number of ketones is 2. The lowest BCUT2D eigenvalue weighted by molar-refractivity contribution is -0.168.